The fourth-order valence-electron chi connectivity index (χ4n) is 2.06. The molecule has 6 nitrogen and oxygen atoms in total. The molecule has 0 spiro atoms. The van der Waals surface area contributed by atoms with Gasteiger partial charge in [-0.2, -0.15) is 0 Å². The van der Waals surface area contributed by atoms with E-state index in [2.05, 4.69) is 10.1 Å². The van der Waals surface area contributed by atoms with Crippen molar-refractivity contribution < 1.29 is 24.2 Å². The minimum atomic E-state index is -1.03. The Morgan fingerprint density at radius 3 is 2.39 bits per heavy atom. The molecule has 0 heterocycles. The largest absolute Gasteiger partial charge is 0.478 e. The number of amides is 1. The molecule has 1 amide bonds. The summed E-state index contributed by atoms with van der Waals surface area (Å²) in [5.41, 5.74) is 1.17. The zero-order chi connectivity index (χ0) is 16.8. The molecule has 6 heteroatoms. The molecule has 0 bridgehead atoms. The number of carboxylic acid groups (broad SMARTS) is 1. The number of nitrogens with one attached hydrogen (secondary N) is 1. The van der Waals surface area contributed by atoms with E-state index in [1.807, 2.05) is 0 Å². The van der Waals surface area contributed by atoms with E-state index < -0.39 is 17.8 Å². The van der Waals surface area contributed by atoms with Crippen LogP contribution in [-0.2, 0) is 11.3 Å². The zero-order valence-electron chi connectivity index (χ0n) is 12.4. The smallest absolute Gasteiger partial charge is 0.338 e. The topological polar surface area (TPSA) is 92.7 Å². The Bertz CT molecular complexity index is 754. The summed E-state index contributed by atoms with van der Waals surface area (Å²) < 4.78 is 4.65. The van der Waals surface area contributed by atoms with Crippen LogP contribution in [0.3, 0.4) is 0 Å². The second-order valence-corrected chi connectivity index (χ2v) is 4.73. The first-order chi connectivity index (χ1) is 11.0. The lowest BCUT2D eigenvalue weighted by Gasteiger charge is -2.09. The van der Waals surface area contributed by atoms with Gasteiger partial charge in [0, 0.05) is 6.54 Å². The summed E-state index contributed by atoms with van der Waals surface area (Å²) in [5.74, 6) is -2.07. The Morgan fingerprint density at radius 2 is 1.74 bits per heavy atom. The third-order valence-electron chi connectivity index (χ3n) is 3.20. The summed E-state index contributed by atoms with van der Waals surface area (Å²) in [6.07, 6.45) is 0. The molecule has 2 N–H and O–H groups in total. The number of carbonyl (C=O) groups is 3. The summed E-state index contributed by atoms with van der Waals surface area (Å²) in [4.78, 5) is 34.8. The van der Waals surface area contributed by atoms with Crippen LogP contribution in [0.15, 0.2) is 48.5 Å². The molecule has 2 rings (SSSR count). The number of ether oxygens (including phenoxy) is 1. The molecule has 0 aromatic heterocycles. The predicted octanol–water partition coefficient (Wildman–Crippen LogP) is 2.10. The Labute approximate surface area is 132 Å². The Hall–Kier alpha value is -3.15. The normalized spacial score (nSPS) is 9.96. The maximum Gasteiger partial charge on any atom is 0.338 e. The molecule has 2 aromatic carbocycles. The predicted molar refractivity (Wildman–Crippen MR) is 82.4 cm³/mol. The van der Waals surface area contributed by atoms with Crippen molar-refractivity contribution in [1.82, 2.24) is 5.32 Å². The number of hydrogen-bond acceptors (Lipinski definition) is 4. The standard InChI is InChI=1S/C17H15NO5/c1-23-17(22)14-8-3-2-7-13(14)15(19)18-10-11-5-4-6-12(9-11)16(20)21/h2-9H,10H2,1H3,(H,18,19)(H,20,21). The van der Waals surface area contributed by atoms with Crippen LogP contribution in [0, 0.1) is 0 Å². The highest BCUT2D eigenvalue weighted by Crippen LogP contribution is 2.11. The van der Waals surface area contributed by atoms with Crippen molar-refractivity contribution in [3.05, 3.63) is 70.8 Å². The number of methoxy groups -OCH3 is 1. The van der Waals surface area contributed by atoms with Gasteiger partial charge in [0.15, 0.2) is 0 Å². The van der Waals surface area contributed by atoms with Gasteiger partial charge in [-0.1, -0.05) is 24.3 Å². The monoisotopic (exact) mass is 313 g/mol. The van der Waals surface area contributed by atoms with Gasteiger partial charge in [-0.15, -0.1) is 0 Å². The number of carboxylic acids is 1. The van der Waals surface area contributed by atoms with Crippen molar-refractivity contribution in [3.63, 3.8) is 0 Å². The number of benzene rings is 2. The van der Waals surface area contributed by atoms with Gasteiger partial charge < -0.3 is 15.2 Å². The van der Waals surface area contributed by atoms with Gasteiger partial charge in [0.25, 0.3) is 5.91 Å². The van der Waals surface area contributed by atoms with E-state index in [1.165, 1.54) is 31.4 Å². The minimum absolute atomic E-state index is 0.145. The van der Waals surface area contributed by atoms with E-state index in [9.17, 15) is 14.4 Å². The highest BCUT2D eigenvalue weighted by Gasteiger charge is 2.16. The van der Waals surface area contributed by atoms with Crippen molar-refractivity contribution in [2.24, 2.45) is 0 Å². The van der Waals surface area contributed by atoms with E-state index in [-0.39, 0.29) is 23.2 Å². The number of carbonyl (C=O) groups excluding carboxylic acids is 2. The molecule has 0 fully saturated rings. The molecule has 0 atom stereocenters. The van der Waals surface area contributed by atoms with Gasteiger partial charge in [0.2, 0.25) is 0 Å². The molecular formula is C17H15NO5. The Morgan fingerprint density at radius 1 is 1.04 bits per heavy atom. The van der Waals surface area contributed by atoms with Crippen molar-refractivity contribution in [1.29, 1.82) is 0 Å². The summed E-state index contributed by atoms with van der Waals surface area (Å²) in [5, 5.41) is 11.6. The number of rotatable bonds is 5. The van der Waals surface area contributed by atoms with Crippen LogP contribution in [-0.4, -0.2) is 30.1 Å². The molecule has 23 heavy (non-hydrogen) atoms. The van der Waals surface area contributed by atoms with Crippen LogP contribution >= 0.6 is 0 Å². The van der Waals surface area contributed by atoms with Gasteiger partial charge in [-0.3, -0.25) is 4.79 Å². The van der Waals surface area contributed by atoms with Gasteiger partial charge in [-0.25, -0.2) is 9.59 Å². The fraction of sp³-hybridized carbons (Fsp3) is 0.118. The highest BCUT2D eigenvalue weighted by atomic mass is 16.5. The van der Waals surface area contributed by atoms with Crippen LogP contribution in [0.25, 0.3) is 0 Å². The molecule has 2 aromatic rings. The van der Waals surface area contributed by atoms with Gasteiger partial charge in [-0.05, 0) is 29.8 Å². The number of hydrogen-bond donors (Lipinski definition) is 2. The maximum atomic E-state index is 12.2. The number of aromatic carboxylic acids is 1. The molecule has 0 radical (unpaired) electrons. The van der Waals surface area contributed by atoms with Crippen LogP contribution in [0.5, 0.6) is 0 Å². The van der Waals surface area contributed by atoms with Gasteiger partial charge in [0.1, 0.15) is 0 Å². The van der Waals surface area contributed by atoms with Crippen molar-refractivity contribution >= 4 is 17.8 Å². The molecule has 0 aliphatic carbocycles. The summed E-state index contributed by atoms with van der Waals surface area (Å²) in [7, 11) is 1.24. The van der Waals surface area contributed by atoms with Crippen molar-refractivity contribution in [2.45, 2.75) is 6.54 Å². The van der Waals surface area contributed by atoms with Crippen molar-refractivity contribution in [2.75, 3.05) is 7.11 Å². The quantitative estimate of drug-likeness (QED) is 0.825. The first-order valence-corrected chi connectivity index (χ1v) is 6.80. The average Bonchev–Trinajstić information content (AvgIpc) is 2.59. The Kier molecular flexibility index (Phi) is 5.09. The molecule has 0 aliphatic rings. The van der Waals surface area contributed by atoms with E-state index in [0.29, 0.717) is 5.56 Å². The summed E-state index contributed by atoms with van der Waals surface area (Å²) >= 11 is 0. The van der Waals surface area contributed by atoms with Crippen molar-refractivity contribution in [3.8, 4) is 0 Å². The third kappa shape index (κ3) is 3.94. The summed E-state index contributed by atoms with van der Waals surface area (Å²) in [6, 6.07) is 12.6. The zero-order valence-corrected chi connectivity index (χ0v) is 12.4. The molecule has 0 saturated carbocycles. The molecular weight excluding hydrogens is 298 g/mol. The highest BCUT2D eigenvalue weighted by molar-refractivity contribution is 6.05. The van der Waals surface area contributed by atoms with Crippen LogP contribution < -0.4 is 5.32 Å². The molecule has 0 unspecified atom stereocenters. The lowest BCUT2D eigenvalue weighted by Crippen LogP contribution is -2.25. The maximum absolute atomic E-state index is 12.2. The SMILES string of the molecule is COC(=O)c1ccccc1C(=O)NCc1cccc(C(=O)O)c1. The fourth-order valence-corrected chi connectivity index (χ4v) is 2.06. The minimum Gasteiger partial charge on any atom is -0.478 e. The second-order valence-electron chi connectivity index (χ2n) is 4.73. The second kappa shape index (κ2) is 7.22. The lowest BCUT2D eigenvalue weighted by molar-refractivity contribution is 0.0595. The van der Waals surface area contributed by atoms with Gasteiger partial charge in [0.05, 0.1) is 23.8 Å². The first-order valence-electron chi connectivity index (χ1n) is 6.80. The van der Waals surface area contributed by atoms with Crippen LogP contribution in [0.4, 0.5) is 0 Å². The third-order valence-corrected chi connectivity index (χ3v) is 3.20. The first kappa shape index (κ1) is 16.2. The Balaban J connectivity index is 2.13. The van der Waals surface area contributed by atoms with E-state index in [4.69, 9.17) is 5.11 Å². The van der Waals surface area contributed by atoms with E-state index in [0.717, 1.165) is 0 Å². The molecule has 0 aliphatic heterocycles. The van der Waals surface area contributed by atoms with E-state index in [1.54, 1.807) is 24.3 Å². The molecule has 118 valence electrons. The lowest BCUT2D eigenvalue weighted by atomic mass is 10.1. The molecule has 0 saturated heterocycles. The van der Waals surface area contributed by atoms with Crippen LogP contribution in [0.1, 0.15) is 36.6 Å². The summed E-state index contributed by atoms with van der Waals surface area (Å²) in [6.45, 7) is 0.148. The van der Waals surface area contributed by atoms with E-state index >= 15 is 0 Å². The van der Waals surface area contributed by atoms with Crippen LogP contribution in [0.2, 0.25) is 0 Å². The number of esters is 1. The average molecular weight is 313 g/mol. The van der Waals surface area contributed by atoms with Gasteiger partial charge >= 0.3 is 11.9 Å².